The summed E-state index contributed by atoms with van der Waals surface area (Å²) in [5.41, 5.74) is 0. The zero-order chi connectivity index (χ0) is 81.8. The van der Waals surface area contributed by atoms with E-state index in [1.54, 1.807) is 49.4 Å². The molecule has 0 fully saturated rings. The number of carbonyl (C=O) groups excluding carboxylic acids is 5. The van der Waals surface area contributed by atoms with Gasteiger partial charge >= 0.3 is 199 Å². The van der Waals surface area contributed by atoms with E-state index in [-0.39, 0.29) is 192 Å². The molecule has 0 aromatic carbocycles. The van der Waals surface area contributed by atoms with Crippen molar-refractivity contribution in [2.24, 2.45) is 0 Å². The summed E-state index contributed by atoms with van der Waals surface area (Å²) in [6, 6.07) is 0. The molecule has 112 heavy (non-hydrogen) atoms. The van der Waals surface area contributed by atoms with Gasteiger partial charge in [-0.25, -0.2) is 25.3 Å². The number of methoxy groups -OCH3 is 5. The van der Waals surface area contributed by atoms with Gasteiger partial charge in [-0.05, 0) is 70.6 Å². The second-order valence-corrected chi connectivity index (χ2v) is 30.3. The molecule has 3 atom stereocenters. The van der Waals surface area contributed by atoms with Crippen LogP contribution in [0.4, 0.5) is 0 Å². The molecule has 0 rings (SSSR count). The van der Waals surface area contributed by atoms with E-state index in [9.17, 15) is 62.9 Å². The quantitative estimate of drug-likeness (QED) is 0.0155. The van der Waals surface area contributed by atoms with Gasteiger partial charge in [-0.3, -0.25) is 24.0 Å². The van der Waals surface area contributed by atoms with Gasteiger partial charge in [0.1, 0.15) is 33.0 Å². The van der Waals surface area contributed by atoms with E-state index in [2.05, 4.69) is 13.8 Å². The number of carbonyl (C=O) groups is 5. The molecule has 0 heterocycles. The molecule has 0 amide bonds. The van der Waals surface area contributed by atoms with E-state index >= 15 is 0 Å². The Kier molecular flexibility index (Phi) is 139. The first-order valence-corrected chi connectivity index (χ1v) is 43.9. The molecule has 40 heteroatoms. The summed E-state index contributed by atoms with van der Waals surface area (Å²) in [5, 5.41) is -2.22. The van der Waals surface area contributed by atoms with Crippen molar-refractivity contribution in [1.82, 2.24) is 0 Å². The standard InChI is InChI=1S/3C15H30O6S.2C13H25O3.CH4.5Na.2O3S/c2*1-3-14(22(17,18)19)10-8-6-4-5-7-9-11-15(16)21-13-12-20-2;1-3-9-14(22(17,18)19)10-7-5-4-6-8-11-15(16)21-13-12-20-2;2*1-3-4-5-6-7-8-9-10-13(14)16-12-11-15-2;;;;;;;2*1-4(2)3/h3*14H,3-13H2,1-2H3,(H,17,18,19);2*1,3-12H2,2H3;1H4;;;;;;;/q;;;2*-1;;5*+1;;/p-3. The summed E-state index contributed by atoms with van der Waals surface area (Å²) in [5.74, 6) is -0.797. The molecule has 0 N–H and O–H groups in total. The second kappa shape index (κ2) is 110. The van der Waals surface area contributed by atoms with Crippen molar-refractivity contribution in [3.05, 3.63) is 13.8 Å². The minimum atomic E-state index is -4.17. The molecular formula is C72H141Na5O30S5. The first kappa shape index (κ1) is 142. The van der Waals surface area contributed by atoms with Crippen LogP contribution in [0.2, 0.25) is 0 Å². The third-order valence-corrected chi connectivity index (χ3v) is 19.5. The first-order valence-electron chi connectivity index (χ1n) is 37.5. The molecule has 0 aromatic heterocycles. The van der Waals surface area contributed by atoms with Gasteiger partial charge < -0.3 is 74.9 Å². The van der Waals surface area contributed by atoms with Crippen molar-refractivity contribution < 1.29 is 283 Å². The number of unbranched alkanes of at least 4 members (excludes halogenated alkanes) is 26. The number of esters is 5. The van der Waals surface area contributed by atoms with Gasteiger partial charge in [-0.15, -0.1) is 25.3 Å². The van der Waals surface area contributed by atoms with Crippen molar-refractivity contribution in [3.63, 3.8) is 0 Å². The Labute approximate surface area is 790 Å². The van der Waals surface area contributed by atoms with Crippen LogP contribution in [0, 0.1) is 13.8 Å². The SMILES string of the molecule is C.CCC(CCCCCCCCC(=O)OCCOC)S(=O)(=O)[O-].CCC(CCCCCCCCC(=O)OCCOC)S(=O)(=O)[O-].CCCC(CCCCCCCC(=O)OCCOC)S(=O)(=O)[O-].O=S(=O)=O.O=S(=O)=O.[CH2-]CCCCCCCCC(=O)OCCOC.[CH2-]CCCCCCCCC(=O)OCCOC.[Na+].[Na+].[Na+].[Na+].[Na+]. The molecule has 0 aromatic rings. The van der Waals surface area contributed by atoms with E-state index < -0.39 is 67.3 Å². The maximum Gasteiger partial charge on any atom is 1.00 e. The van der Waals surface area contributed by atoms with Crippen LogP contribution in [0.15, 0.2) is 0 Å². The number of rotatable bonds is 64. The largest absolute Gasteiger partial charge is 1.00 e. The second-order valence-electron chi connectivity index (χ2n) is 24.5. The summed E-state index contributed by atoms with van der Waals surface area (Å²) in [6.07, 6.45) is 36.8. The van der Waals surface area contributed by atoms with Crippen LogP contribution in [0.1, 0.15) is 304 Å². The zero-order valence-electron chi connectivity index (χ0n) is 70.4. The van der Waals surface area contributed by atoms with Crippen LogP contribution in [0.25, 0.3) is 0 Å². The van der Waals surface area contributed by atoms with E-state index in [0.29, 0.717) is 137 Å². The van der Waals surface area contributed by atoms with Crippen LogP contribution in [0.3, 0.4) is 0 Å². The van der Waals surface area contributed by atoms with E-state index in [4.69, 9.17) is 72.6 Å². The van der Waals surface area contributed by atoms with Crippen molar-refractivity contribution in [2.75, 3.05) is 102 Å². The Morgan fingerprint density at radius 1 is 0.286 bits per heavy atom. The maximum atomic E-state index is 11.3. The van der Waals surface area contributed by atoms with Gasteiger partial charge in [0.25, 0.3) is 0 Å². The smallest absolute Gasteiger partial charge is 0.748 e. The molecule has 644 valence electrons. The molecule has 0 aliphatic heterocycles. The van der Waals surface area contributed by atoms with Gasteiger partial charge in [-0.1, -0.05) is 189 Å². The number of hydrogen-bond donors (Lipinski definition) is 0. The molecule has 0 bridgehead atoms. The first-order chi connectivity index (χ1) is 50.3. The number of hydrogen-bond acceptors (Lipinski definition) is 30. The Hall–Kier alpha value is 1.12. The average molecular weight is 1760 g/mol. The molecule has 0 aliphatic rings. The van der Waals surface area contributed by atoms with Gasteiger partial charge in [0, 0.05) is 83.4 Å². The molecule has 0 saturated heterocycles. The van der Waals surface area contributed by atoms with Gasteiger partial charge in [0.15, 0.2) is 0 Å². The Morgan fingerprint density at radius 2 is 0.446 bits per heavy atom. The molecule has 3 unspecified atom stereocenters. The van der Waals surface area contributed by atoms with Crippen molar-refractivity contribution in [3.8, 4) is 0 Å². The van der Waals surface area contributed by atoms with Crippen molar-refractivity contribution >= 4 is 81.4 Å². The van der Waals surface area contributed by atoms with Gasteiger partial charge in [-0.2, -0.15) is 12.8 Å². The van der Waals surface area contributed by atoms with Gasteiger partial charge in [0.05, 0.1) is 63.4 Å². The molecule has 0 spiro atoms. The van der Waals surface area contributed by atoms with Crippen LogP contribution < -0.4 is 148 Å². The fourth-order valence-corrected chi connectivity index (χ4v) is 12.3. The van der Waals surface area contributed by atoms with Crippen molar-refractivity contribution in [2.45, 2.75) is 320 Å². The average Bonchev–Trinajstić information content (AvgIpc) is 0.919. The Balaban J connectivity index is -0.0000000961. The minimum absolute atomic E-state index is 0. The molecule has 0 radical (unpaired) electrons. The zero-order valence-corrected chi connectivity index (χ0v) is 84.5. The fraction of sp³-hybridized carbons (Fsp3) is 0.903. The predicted octanol–water partition coefficient (Wildman–Crippen LogP) is -2.23. The minimum Gasteiger partial charge on any atom is -0.748 e. The predicted molar refractivity (Wildman–Crippen MR) is 407 cm³/mol. The van der Waals surface area contributed by atoms with Crippen LogP contribution >= 0.6 is 0 Å². The monoisotopic (exact) mass is 1760 g/mol. The van der Waals surface area contributed by atoms with Crippen LogP contribution in [-0.2, 0) is 123 Å². The van der Waals surface area contributed by atoms with E-state index in [1.807, 2.05) is 6.92 Å². The third-order valence-electron chi connectivity index (χ3n) is 15.5. The summed E-state index contributed by atoms with van der Waals surface area (Å²) < 4.78 is 198. The summed E-state index contributed by atoms with van der Waals surface area (Å²) in [7, 11) is -10.8. The summed E-state index contributed by atoms with van der Waals surface area (Å²) in [6.45, 7) is 16.8. The summed E-state index contributed by atoms with van der Waals surface area (Å²) >= 11 is 0. The molecule has 30 nitrogen and oxygen atoms in total. The van der Waals surface area contributed by atoms with Crippen molar-refractivity contribution in [1.29, 1.82) is 0 Å². The van der Waals surface area contributed by atoms with Crippen LogP contribution in [0.5, 0.6) is 0 Å². The van der Waals surface area contributed by atoms with E-state index in [1.165, 1.54) is 51.4 Å². The van der Waals surface area contributed by atoms with Gasteiger partial charge in [0.2, 0.25) is 0 Å². The number of ether oxygens (including phenoxy) is 10. The summed E-state index contributed by atoms with van der Waals surface area (Å²) in [4.78, 5) is 56.2. The Morgan fingerprint density at radius 3 is 0.598 bits per heavy atom. The topological polar surface area (TPSA) is 452 Å². The third kappa shape index (κ3) is 132. The molecular weight excluding hydrogens is 1620 g/mol. The molecule has 0 saturated carbocycles. The fourth-order valence-electron chi connectivity index (χ4n) is 9.59. The maximum absolute atomic E-state index is 11.3. The van der Waals surface area contributed by atoms with Crippen LogP contribution in [-0.4, -0.2) is 211 Å². The Bertz CT molecular complexity index is 2460. The molecule has 0 aliphatic carbocycles. The normalized spacial score (nSPS) is 11.1. The van der Waals surface area contributed by atoms with E-state index in [0.717, 1.165) is 148 Å².